The van der Waals surface area contributed by atoms with E-state index >= 15 is 0 Å². The third kappa shape index (κ3) is 16.4. The van der Waals surface area contributed by atoms with Gasteiger partial charge in [-0.15, -0.1) is 0 Å². The zero-order valence-corrected chi connectivity index (χ0v) is 20.6. The monoisotopic (exact) mass is 494 g/mol. The molecule has 0 heterocycles. The fourth-order valence-corrected chi connectivity index (χ4v) is 2.21. The van der Waals surface area contributed by atoms with Crippen LogP contribution in [-0.2, 0) is 25.7 Å². The minimum atomic E-state index is -0.983. The van der Waals surface area contributed by atoms with Crippen LogP contribution in [0.5, 0.6) is 0 Å². The molecule has 2 aromatic carbocycles. The predicted octanol–water partition coefficient (Wildman–Crippen LogP) is 5.44. The van der Waals surface area contributed by atoms with Crippen LogP contribution >= 0.6 is 0 Å². The van der Waals surface area contributed by atoms with Gasteiger partial charge in [0.25, 0.3) is 0 Å². The van der Waals surface area contributed by atoms with Gasteiger partial charge < -0.3 is 20.1 Å². The van der Waals surface area contributed by atoms with E-state index < -0.39 is 11.9 Å². The standard InChI is InChI=1S/C19H18O2.C6H10O3.C4H6O2/c1-16(9-8-14-17-10-4-2-5-11-17)19(20)21-15-18-12-6-3-7-13-18;1-5(6(8)9)3-2-4-7;1-3(2)4(5)6/h2-8,10-14H,1,9,15H2;7H,1-4H2,(H,8,9);1H2,2H3,(H,5,6). The maximum atomic E-state index is 11.8. The molecule has 192 valence electrons. The van der Waals surface area contributed by atoms with E-state index in [2.05, 4.69) is 19.7 Å². The van der Waals surface area contributed by atoms with Gasteiger partial charge in [0.2, 0.25) is 0 Å². The number of ether oxygens (including phenoxy) is 1. The minimum Gasteiger partial charge on any atom is -0.478 e. The highest BCUT2D eigenvalue weighted by atomic mass is 16.5. The summed E-state index contributed by atoms with van der Waals surface area (Å²) in [4.78, 5) is 31.4. The SMILES string of the molecule is C=C(C)C(=O)O.C=C(CC=Cc1ccccc1)C(=O)OCc1ccccc1.C=C(CCCO)C(=O)O. The fraction of sp³-hybridized carbons (Fsp3) is 0.207. The first-order valence-corrected chi connectivity index (χ1v) is 11.1. The topological polar surface area (TPSA) is 121 Å². The van der Waals surface area contributed by atoms with Crippen LogP contribution in [0.3, 0.4) is 0 Å². The summed E-state index contributed by atoms with van der Waals surface area (Å²) in [5.74, 6) is -2.27. The summed E-state index contributed by atoms with van der Waals surface area (Å²) in [6.07, 6.45) is 5.22. The van der Waals surface area contributed by atoms with Gasteiger partial charge in [0.05, 0.1) is 0 Å². The average molecular weight is 495 g/mol. The molecule has 2 aromatic rings. The molecule has 0 amide bonds. The van der Waals surface area contributed by atoms with E-state index in [1.807, 2.05) is 72.8 Å². The number of hydrogen-bond donors (Lipinski definition) is 3. The average Bonchev–Trinajstić information content (AvgIpc) is 2.87. The van der Waals surface area contributed by atoms with Crippen LogP contribution in [0.25, 0.3) is 6.08 Å². The van der Waals surface area contributed by atoms with Crippen LogP contribution in [0.1, 0.15) is 37.3 Å². The molecule has 0 bridgehead atoms. The maximum Gasteiger partial charge on any atom is 0.334 e. The Balaban J connectivity index is 0.000000675. The number of carbonyl (C=O) groups is 3. The molecule has 0 spiro atoms. The lowest BCUT2D eigenvalue weighted by atomic mass is 10.1. The second-order valence-electron chi connectivity index (χ2n) is 7.50. The number of benzene rings is 2. The van der Waals surface area contributed by atoms with Gasteiger partial charge in [-0.25, -0.2) is 14.4 Å². The molecule has 0 radical (unpaired) electrons. The lowest BCUT2D eigenvalue weighted by Crippen LogP contribution is -2.06. The van der Waals surface area contributed by atoms with E-state index in [-0.39, 0.29) is 30.3 Å². The molecule has 0 aromatic heterocycles. The summed E-state index contributed by atoms with van der Waals surface area (Å²) >= 11 is 0. The largest absolute Gasteiger partial charge is 0.478 e. The number of carboxylic acids is 2. The summed E-state index contributed by atoms with van der Waals surface area (Å²) in [5, 5.41) is 24.4. The van der Waals surface area contributed by atoms with Crippen LogP contribution in [0.15, 0.2) is 103 Å². The first-order chi connectivity index (χ1) is 17.1. The van der Waals surface area contributed by atoms with Crippen LogP contribution in [0.4, 0.5) is 0 Å². The van der Waals surface area contributed by atoms with Gasteiger partial charge in [-0.2, -0.15) is 0 Å². The van der Waals surface area contributed by atoms with Crippen LogP contribution in [0, 0.1) is 0 Å². The van der Waals surface area contributed by atoms with Crippen molar-refractivity contribution in [1.82, 2.24) is 0 Å². The lowest BCUT2D eigenvalue weighted by molar-refractivity contribution is -0.140. The first kappa shape index (κ1) is 31.8. The van der Waals surface area contributed by atoms with E-state index in [1.165, 1.54) is 6.92 Å². The van der Waals surface area contributed by atoms with Gasteiger partial charge in [0, 0.05) is 23.3 Å². The molecule has 0 aliphatic carbocycles. The zero-order valence-electron chi connectivity index (χ0n) is 20.6. The molecule has 7 heteroatoms. The Morgan fingerprint density at radius 3 is 1.86 bits per heavy atom. The highest BCUT2D eigenvalue weighted by Gasteiger charge is 2.07. The summed E-state index contributed by atoms with van der Waals surface area (Å²) in [6, 6.07) is 19.5. The quantitative estimate of drug-likeness (QED) is 0.281. The van der Waals surface area contributed by atoms with Crippen LogP contribution in [0.2, 0.25) is 0 Å². The highest BCUT2D eigenvalue weighted by molar-refractivity contribution is 5.88. The summed E-state index contributed by atoms with van der Waals surface area (Å²) in [7, 11) is 0. The highest BCUT2D eigenvalue weighted by Crippen LogP contribution is 2.09. The molecule has 7 nitrogen and oxygen atoms in total. The molecule has 0 aliphatic heterocycles. The smallest absolute Gasteiger partial charge is 0.334 e. The number of hydrogen-bond acceptors (Lipinski definition) is 5. The number of rotatable bonds is 11. The van der Waals surface area contributed by atoms with E-state index in [9.17, 15) is 14.4 Å². The van der Waals surface area contributed by atoms with Crippen LogP contribution in [-0.4, -0.2) is 39.8 Å². The van der Waals surface area contributed by atoms with Crippen molar-refractivity contribution in [3.05, 3.63) is 114 Å². The second kappa shape index (κ2) is 19.1. The number of carboxylic acid groups (broad SMARTS) is 2. The predicted molar refractivity (Wildman–Crippen MR) is 141 cm³/mol. The summed E-state index contributed by atoms with van der Waals surface area (Å²) in [6.45, 7) is 12.0. The Morgan fingerprint density at radius 1 is 0.861 bits per heavy atom. The number of allylic oxidation sites excluding steroid dienone is 1. The lowest BCUT2D eigenvalue weighted by Gasteiger charge is -2.05. The molecular weight excluding hydrogens is 460 g/mol. The number of aliphatic hydroxyl groups is 1. The molecule has 0 saturated carbocycles. The third-order valence-electron chi connectivity index (χ3n) is 4.28. The normalized spacial score (nSPS) is 9.61. The Bertz CT molecular complexity index is 1010. The number of aliphatic hydroxyl groups excluding tert-OH is 1. The van der Waals surface area contributed by atoms with Gasteiger partial charge in [-0.3, -0.25) is 0 Å². The van der Waals surface area contributed by atoms with Gasteiger partial charge >= 0.3 is 17.9 Å². The molecule has 0 unspecified atom stereocenters. The Kier molecular flexibility index (Phi) is 16.9. The first-order valence-electron chi connectivity index (χ1n) is 11.1. The molecule has 0 atom stereocenters. The number of esters is 1. The van der Waals surface area contributed by atoms with Gasteiger partial charge in [-0.1, -0.05) is 92.6 Å². The third-order valence-corrected chi connectivity index (χ3v) is 4.28. The van der Waals surface area contributed by atoms with E-state index in [0.29, 0.717) is 24.8 Å². The van der Waals surface area contributed by atoms with Crippen molar-refractivity contribution >= 4 is 24.0 Å². The maximum absolute atomic E-state index is 11.8. The molecule has 36 heavy (non-hydrogen) atoms. The molecule has 3 N–H and O–H groups in total. The van der Waals surface area contributed by atoms with Crippen molar-refractivity contribution < 1.29 is 34.4 Å². The van der Waals surface area contributed by atoms with E-state index in [0.717, 1.165) is 11.1 Å². The van der Waals surface area contributed by atoms with Gasteiger partial charge in [-0.05, 0) is 37.3 Å². The molecule has 2 rings (SSSR count). The van der Waals surface area contributed by atoms with Crippen molar-refractivity contribution in [2.75, 3.05) is 6.61 Å². The van der Waals surface area contributed by atoms with Crippen molar-refractivity contribution in [2.45, 2.75) is 32.8 Å². The molecular formula is C29H34O7. The molecule has 0 fully saturated rings. The van der Waals surface area contributed by atoms with Crippen molar-refractivity contribution in [3.63, 3.8) is 0 Å². The fourth-order valence-electron chi connectivity index (χ4n) is 2.21. The number of carbonyl (C=O) groups excluding carboxylic acids is 1. The van der Waals surface area contributed by atoms with E-state index in [4.69, 9.17) is 20.1 Å². The Labute approximate surface area is 212 Å². The molecule has 0 aliphatic rings. The zero-order chi connectivity index (χ0) is 27.3. The minimum absolute atomic E-state index is 0.0201. The van der Waals surface area contributed by atoms with E-state index in [1.54, 1.807) is 0 Å². The summed E-state index contributed by atoms with van der Waals surface area (Å²) < 4.78 is 5.22. The van der Waals surface area contributed by atoms with Crippen LogP contribution < -0.4 is 0 Å². The Morgan fingerprint density at radius 2 is 1.39 bits per heavy atom. The Hall–Kier alpha value is -4.23. The summed E-state index contributed by atoms with van der Waals surface area (Å²) in [5.41, 5.74) is 2.86. The van der Waals surface area contributed by atoms with Crippen molar-refractivity contribution in [1.29, 1.82) is 0 Å². The molecule has 0 saturated heterocycles. The van der Waals surface area contributed by atoms with Gasteiger partial charge in [0.15, 0.2) is 0 Å². The van der Waals surface area contributed by atoms with Crippen molar-refractivity contribution in [2.24, 2.45) is 0 Å². The number of aliphatic carboxylic acids is 2. The second-order valence-corrected chi connectivity index (χ2v) is 7.50. The van der Waals surface area contributed by atoms with Crippen molar-refractivity contribution in [3.8, 4) is 0 Å². The van der Waals surface area contributed by atoms with Gasteiger partial charge in [0.1, 0.15) is 6.61 Å².